The number of ether oxygens (including phenoxy) is 3. The first kappa shape index (κ1) is 68.6. The van der Waals surface area contributed by atoms with Crippen LogP contribution >= 0.6 is 0 Å². The van der Waals surface area contributed by atoms with Crippen molar-refractivity contribution in [2.24, 2.45) is 0 Å². The van der Waals surface area contributed by atoms with Crippen LogP contribution in [0.3, 0.4) is 0 Å². The summed E-state index contributed by atoms with van der Waals surface area (Å²) in [5.41, 5.74) is 0. The van der Waals surface area contributed by atoms with E-state index in [0.29, 0.717) is 19.3 Å². The third kappa shape index (κ3) is 58.3. The minimum atomic E-state index is -0.815. The van der Waals surface area contributed by atoms with Crippen LogP contribution in [-0.4, -0.2) is 37.2 Å². The standard InChI is InChI=1S/C67H108O6/c1-4-7-10-13-16-19-22-25-28-31-33-36-39-42-45-48-51-54-57-60-66(69)72-63-64(62-71-65(68)59-56-53-50-47-44-41-38-35-30-27-24-21-18-15-12-9-6-3)73-67(70)61-58-55-52-49-46-43-40-37-34-32-29-26-23-20-17-14-11-8-5-2/h7,9-10,12,15-16,18-19,21,24-25,27-28,30,33,35-36,38,41-42,44-45,64H,4-6,8,11,13-14,17,20,22-23,26,29,31-32,34,37,39-40,43,46-63H2,1-3H3/b10-7-,12-9-,18-15-,19-16-,24-21-,28-25-,30-27-,36-33-,38-35+,44-41-,45-42-. The lowest BCUT2D eigenvalue weighted by molar-refractivity contribution is -0.167. The van der Waals surface area contributed by atoms with Gasteiger partial charge in [-0.3, -0.25) is 14.4 Å². The molecule has 6 nitrogen and oxygen atoms in total. The van der Waals surface area contributed by atoms with E-state index in [1.165, 1.54) is 103 Å². The second kappa shape index (κ2) is 60.1. The summed E-state index contributed by atoms with van der Waals surface area (Å²) in [6.45, 7) is 6.33. The SMILES string of the molecule is CC\C=C/C=C\C=C/C=C\C=C\C=C/CCCCCC(=O)OCC(COC(=O)CCCCC/C=C\C/C=C\C/C=C\C/C=C\C/C=C\CC)OC(=O)CCCCCCCCCCCCCCCCCCCCC. The Bertz CT molecular complexity index is 1580. The summed E-state index contributed by atoms with van der Waals surface area (Å²) in [6, 6.07) is 0. The molecule has 0 aromatic carbocycles. The third-order valence-electron chi connectivity index (χ3n) is 12.3. The van der Waals surface area contributed by atoms with Gasteiger partial charge in [0.15, 0.2) is 6.10 Å². The molecule has 0 aliphatic heterocycles. The van der Waals surface area contributed by atoms with Crippen molar-refractivity contribution in [2.45, 2.75) is 258 Å². The number of esters is 3. The highest BCUT2D eigenvalue weighted by Crippen LogP contribution is 2.16. The molecule has 0 aromatic rings. The van der Waals surface area contributed by atoms with E-state index in [1.807, 2.05) is 60.8 Å². The van der Waals surface area contributed by atoms with Crippen molar-refractivity contribution in [3.8, 4) is 0 Å². The average Bonchev–Trinajstić information content (AvgIpc) is 3.39. The maximum absolute atomic E-state index is 12.9. The minimum absolute atomic E-state index is 0.112. The van der Waals surface area contributed by atoms with Crippen LogP contribution in [0.5, 0.6) is 0 Å². The summed E-state index contributed by atoms with van der Waals surface area (Å²) in [4.78, 5) is 38.2. The van der Waals surface area contributed by atoms with Gasteiger partial charge < -0.3 is 14.2 Å². The van der Waals surface area contributed by atoms with Crippen molar-refractivity contribution in [2.75, 3.05) is 13.2 Å². The van der Waals surface area contributed by atoms with Gasteiger partial charge in [0.2, 0.25) is 0 Å². The highest BCUT2D eigenvalue weighted by Gasteiger charge is 2.19. The van der Waals surface area contributed by atoms with E-state index in [2.05, 4.69) is 93.7 Å². The molecule has 0 radical (unpaired) electrons. The van der Waals surface area contributed by atoms with Gasteiger partial charge in [-0.15, -0.1) is 0 Å². The molecule has 0 saturated carbocycles. The fourth-order valence-electron chi connectivity index (χ4n) is 7.91. The molecular formula is C67H108O6. The Morgan fingerprint density at radius 3 is 1.00 bits per heavy atom. The number of carbonyl (C=O) groups excluding carboxylic acids is 3. The number of rotatable bonds is 52. The minimum Gasteiger partial charge on any atom is -0.462 e. The maximum atomic E-state index is 12.9. The zero-order valence-corrected chi connectivity index (χ0v) is 47.1. The van der Waals surface area contributed by atoms with E-state index in [0.717, 1.165) is 109 Å². The topological polar surface area (TPSA) is 78.9 Å². The van der Waals surface area contributed by atoms with Gasteiger partial charge in [0.05, 0.1) is 0 Å². The molecule has 412 valence electrons. The van der Waals surface area contributed by atoms with Crippen molar-refractivity contribution >= 4 is 17.9 Å². The van der Waals surface area contributed by atoms with Gasteiger partial charge in [0.1, 0.15) is 13.2 Å². The largest absolute Gasteiger partial charge is 0.462 e. The van der Waals surface area contributed by atoms with Crippen LogP contribution in [0.15, 0.2) is 134 Å². The molecule has 0 fully saturated rings. The quantitative estimate of drug-likeness (QED) is 0.0199. The van der Waals surface area contributed by atoms with E-state index < -0.39 is 6.10 Å². The molecule has 0 spiro atoms. The third-order valence-corrected chi connectivity index (χ3v) is 12.3. The lowest BCUT2D eigenvalue weighted by Crippen LogP contribution is -2.30. The number of hydrogen-bond acceptors (Lipinski definition) is 6. The first-order valence-corrected chi connectivity index (χ1v) is 29.8. The van der Waals surface area contributed by atoms with Gasteiger partial charge in [0.25, 0.3) is 0 Å². The van der Waals surface area contributed by atoms with Crippen LogP contribution in [0.1, 0.15) is 252 Å². The van der Waals surface area contributed by atoms with Gasteiger partial charge >= 0.3 is 17.9 Å². The molecule has 0 amide bonds. The second-order valence-corrected chi connectivity index (χ2v) is 19.3. The molecular weight excluding hydrogens is 901 g/mol. The van der Waals surface area contributed by atoms with Crippen molar-refractivity contribution in [3.05, 3.63) is 134 Å². The highest BCUT2D eigenvalue weighted by molar-refractivity contribution is 5.71. The average molecular weight is 1010 g/mol. The van der Waals surface area contributed by atoms with Crippen LogP contribution < -0.4 is 0 Å². The van der Waals surface area contributed by atoms with Crippen molar-refractivity contribution < 1.29 is 28.6 Å². The van der Waals surface area contributed by atoms with E-state index in [4.69, 9.17) is 14.2 Å². The van der Waals surface area contributed by atoms with E-state index in [1.54, 1.807) is 0 Å². The Labute approximate surface area is 449 Å². The number of allylic oxidation sites excluding steroid dienone is 22. The van der Waals surface area contributed by atoms with Gasteiger partial charge in [0, 0.05) is 19.3 Å². The summed E-state index contributed by atoms with van der Waals surface area (Å²) in [6.07, 6.45) is 84.4. The predicted molar refractivity (Wildman–Crippen MR) is 316 cm³/mol. The van der Waals surface area contributed by atoms with Crippen LogP contribution in [0.4, 0.5) is 0 Å². The van der Waals surface area contributed by atoms with Gasteiger partial charge in [-0.1, -0.05) is 283 Å². The zero-order chi connectivity index (χ0) is 52.9. The summed E-state index contributed by atoms with van der Waals surface area (Å²) in [7, 11) is 0. The Morgan fingerprint density at radius 1 is 0.301 bits per heavy atom. The molecule has 0 rings (SSSR count). The van der Waals surface area contributed by atoms with Crippen molar-refractivity contribution in [1.82, 2.24) is 0 Å². The second-order valence-electron chi connectivity index (χ2n) is 19.3. The zero-order valence-electron chi connectivity index (χ0n) is 47.1. The molecule has 0 heterocycles. The molecule has 0 N–H and O–H groups in total. The first-order chi connectivity index (χ1) is 36.0. The Kier molecular flexibility index (Phi) is 56.4. The molecule has 1 unspecified atom stereocenters. The van der Waals surface area contributed by atoms with E-state index in [-0.39, 0.29) is 31.1 Å². The molecule has 73 heavy (non-hydrogen) atoms. The number of carbonyl (C=O) groups is 3. The molecule has 0 aromatic heterocycles. The first-order valence-electron chi connectivity index (χ1n) is 29.8. The van der Waals surface area contributed by atoms with E-state index in [9.17, 15) is 14.4 Å². The highest BCUT2D eigenvalue weighted by atomic mass is 16.6. The molecule has 0 saturated heterocycles. The normalized spacial score (nSPS) is 13.1. The van der Waals surface area contributed by atoms with Crippen LogP contribution in [0.25, 0.3) is 0 Å². The van der Waals surface area contributed by atoms with Gasteiger partial charge in [-0.05, 0) is 83.5 Å². The maximum Gasteiger partial charge on any atom is 0.306 e. The lowest BCUT2D eigenvalue weighted by Gasteiger charge is -2.18. The Morgan fingerprint density at radius 2 is 0.603 bits per heavy atom. The molecule has 0 aliphatic carbocycles. The van der Waals surface area contributed by atoms with Gasteiger partial charge in [-0.2, -0.15) is 0 Å². The molecule has 0 aliphatic rings. The summed E-state index contributed by atoms with van der Waals surface area (Å²) in [5.74, 6) is -0.984. The molecule has 6 heteroatoms. The smallest absolute Gasteiger partial charge is 0.306 e. The van der Waals surface area contributed by atoms with Crippen molar-refractivity contribution in [3.63, 3.8) is 0 Å². The fraction of sp³-hybridized carbons (Fsp3) is 0.627. The lowest BCUT2D eigenvalue weighted by atomic mass is 10.0. The van der Waals surface area contributed by atoms with E-state index >= 15 is 0 Å². The Balaban J connectivity index is 4.53. The summed E-state index contributed by atoms with van der Waals surface area (Å²) >= 11 is 0. The fourth-order valence-corrected chi connectivity index (χ4v) is 7.91. The summed E-state index contributed by atoms with van der Waals surface area (Å²) < 4.78 is 16.8. The number of hydrogen-bond donors (Lipinski definition) is 0. The summed E-state index contributed by atoms with van der Waals surface area (Å²) in [5, 5.41) is 0. The van der Waals surface area contributed by atoms with Gasteiger partial charge in [-0.25, -0.2) is 0 Å². The van der Waals surface area contributed by atoms with Crippen molar-refractivity contribution in [1.29, 1.82) is 0 Å². The molecule has 0 bridgehead atoms. The van der Waals surface area contributed by atoms with Crippen LogP contribution in [0, 0.1) is 0 Å². The monoisotopic (exact) mass is 1010 g/mol. The predicted octanol–water partition coefficient (Wildman–Crippen LogP) is 20.2. The molecule has 1 atom stereocenters. The van der Waals surface area contributed by atoms with Crippen LogP contribution in [0.2, 0.25) is 0 Å². The Hall–Kier alpha value is -4.45. The number of unbranched alkanes of at least 4 members (excludes halogenated alkanes) is 24. The van der Waals surface area contributed by atoms with Crippen LogP contribution in [-0.2, 0) is 28.6 Å².